The maximum atomic E-state index is 5.76. The Labute approximate surface area is 117 Å². The van der Waals surface area contributed by atoms with Crippen molar-refractivity contribution in [3.63, 3.8) is 0 Å². The second-order valence-electron chi connectivity index (χ2n) is 6.29. The van der Waals surface area contributed by atoms with Crippen LogP contribution in [0.1, 0.15) is 39.1 Å². The molecule has 0 aliphatic rings. The Balaban J connectivity index is 2.91. The van der Waals surface area contributed by atoms with Gasteiger partial charge in [0.05, 0.1) is 11.8 Å². The van der Waals surface area contributed by atoms with E-state index in [0.717, 1.165) is 18.7 Å². The summed E-state index contributed by atoms with van der Waals surface area (Å²) in [6.45, 7) is 11.8. The number of likely N-dealkylation sites (N-methyl/N-ethyl adjacent to an activating group) is 1. The lowest BCUT2D eigenvalue weighted by molar-refractivity contribution is -0.0110. The predicted octanol–water partition coefficient (Wildman–Crippen LogP) is 2.31. The van der Waals surface area contributed by atoms with Gasteiger partial charge in [0.15, 0.2) is 0 Å². The second-order valence-corrected chi connectivity index (χ2v) is 6.29. The van der Waals surface area contributed by atoms with Gasteiger partial charge in [-0.1, -0.05) is 27.7 Å². The van der Waals surface area contributed by atoms with E-state index in [1.807, 2.05) is 18.7 Å². The molecule has 1 aromatic rings. The highest BCUT2D eigenvalue weighted by molar-refractivity contribution is 5.11. The molecular formula is C15H29N3O. The molecule has 2 atom stereocenters. The largest absolute Gasteiger partial charge is 0.379 e. The maximum absolute atomic E-state index is 5.76. The van der Waals surface area contributed by atoms with Gasteiger partial charge in [-0.25, -0.2) is 0 Å². The molecule has 0 radical (unpaired) electrons. The molecule has 0 spiro atoms. The van der Waals surface area contributed by atoms with Crippen molar-refractivity contribution in [3.05, 3.63) is 17.5 Å². The van der Waals surface area contributed by atoms with Crippen molar-refractivity contribution < 1.29 is 4.74 Å². The number of rotatable bonds is 6. The van der Waals surface area contributed by atoms with Gasteiger partial charge in [-0.05, 0) is 24.9 Å². The van der Waals surface area contributed by atoms with Gasteiger partial charge in [-0.2, -0.15) is 5.10 Å². The van der Waals surface area contributed by atoms with E-state index < -0.39 is 0 Å². The smallest absolute Gasteiger partial charge is 0.0776 e. The summed E-state index contributed by atoms with van der Waals surface area (Å²) in [5.41, 5.74) is 2.42. The quantitative estimate of drug-likeness (QED) is 0.859. The standard InChI is InChI=1S/C15H29N3O/c1-8-16-13(14(19-7)15(3,4)5)10-12-9-11(2)17-18(12)6/h9,13-14,16H,8,10H2,1-7H3. The third kappa shape index (κ3) is 4.32. The number of hydrogen-bond acceptors (Lipinski definition) is 3. The topological polar surface area (TPSA) is 39.1 Å². The van der Waals surface area contributed by atoms with Crippen molar-refractivity contribution >= 4 is 0 Å². The number of hydrogen-bond donors (Lipinski definition) is 1. The third-order valence-corrected chi connectivity index (χ3v) is 3.47. The molecule has 1 N–H and O–H groups in total. The fraction of sp³-hybridized carbons (Fsp3) is 0.800. The maximum Gasteiger partial charge on any atom is 0.0776 e. The monoisotopic (exact) mass is 267 g/mol. The molecule has 0 aromatic carbocycles. The number of nitrogens with zero attached hydrogens (tertiary/aromatic N) is 2. The van der Waals surface area contributed by atoms with Crippen LogP contribution in [-0.4, -0.2) is 35.6 Å². The number of methoxy groups -OCH3 is 1. The molecule has 0 aliphatic carbocycles. The summed E-state index contributed by atoms with van der Waals surface area (Å²) in [6.07, 6.45) is 1.10. The number of aromatic nitrogens is 2. The first-order chi connectivity index (χ1) is 8.79. The van der Waals surface area contributed by atoms with Crippen LogP contribution < -0.4 is 5.32 Å². The van der Waals surface area contributed by atoms with Crippen LogP contribution in [-0.2, 0) is 18.2 Å². The van der Waals surface area contributed by atoms with Gasteiger partial charge in [0.25, 0.3) is 0 Å². The molecule has 1 rings (SSSR count). The van der Waals surface area contributed by atoms with Crippen LogP contribution >= 0.6 is 0 Å². The van der Waals surface area contributed by atoms with Gasteiger partial charge in [0.1, 0.15) is 0 Å². The highest BCUT2D eigenvalue weighted by Gasteiger charge is 2.32. The summed E-state index contributed by atoms with van der Waals surface area (Å²) in [4.78, 5) is 0. The van der Waals surface area contributed by atoms with Gasteiger partial charge in [-0.3, -0.25) is 4.68 Å². The van der Waals surface area contributed by atoms with E-state index in [2.05, 4.69) is 44.2 Å². The van der Waals surface area contributed by atoms with Gasteiger partial charge >= 0.3 is 0 Å². The van der Waals surface area contributed by atoms with Crippen molar-refractivity contribution in [3.8, 4) is 0 Å². The van der Waals surface area contributed by atoms with Crippen molar-refractivity contribution in [2.24, 2.45) is 12.5 Å². The average molecular weight is 267 g/mol. The number of aryl methyl sites for hydroxylation is 2. The average Bonchev–Trinajstić information content (AvgIpc) is 2.56. The molecule has 0 saturated heterocycles. The van der Waals surface area contributed by atoms with Crippen LogP contribution in [0.15, 0.2) is 6.07 Å². The third-order valence-electron chi connectivity index (χ3n) is 3.47. The molecule has 110 valence electrons. The Kier molecular flexibility index (Phi) is 5.56. The summed E-state index contributed by atoms with van der Waals surface area (Å²) < 4.78 is 7.72. The van der Waals surface area contributed by atoms with Crippen molar-refractivity contribution in [2.45, 2.75) is 53.2 Å². The van der Waals surface area contributed by atoms with Gasteiger partial charge in [0.2, 0.25) is 0 Å². The predicted molar refractivity (Wildman–Crippen MR) is 79.4 cm³/mol. The van der Waals surface area contributed by atoms with Crippen LogP contribution in [0.25, 0.3) is 0 Å². The minimum atomic E-state index is 0.106. The molecule has 0 saturated carbocycles. The van der Waals surface area contributed by atoms with Crippen LogP contribution in [0.5, 0.6) is 0 Å². The lowest BCUT2D eigenvalue weighted by Crippen LogP contribution is -2.49. The number of ether oxygens (including phenoxy) is 1. The van der Waals surface area contributed by atoms with E-state index in [4.69, 9.17) is 4.74 Å². The minimum absolute atomic E-state index is 0.106. The van der Waals surface area contributed by atoms with Crippen LogP contribution in [0.4, 0.5) is 0 Å². The van der Waals surface area contributed by atoms with E-state index in [0.29, 0.717) is 6.04 Å². The van der Waals surface area contributed by atoms with E-state index in [1.165, 1.54) is 5.69 Å². The highest BCUT2D eigenvalue weighted by Crippen LogP contribution is 2.26. The van der Waals surface area contributed by atoms with E-state index in [-0.39, 0.29) is 11.5 Å². The summed E-state index contributed by atoms with van der Waals surface area (Å²) in [6, 6.07) is 2.45. The Morgan fingerprint density at radius 2 is 2.05 bits per heavy atom. The zero-order valence-corrected chi connectivity index (χ0v) is 13.4. The Morgan fingerprint density at radius 3 is 2.42 bits per heavy atom. The second kappa shape index (κ2) is 6.53. The normalized spacial score (nSPS) is 15.5. The van der Waals surface area contributed by atoms with Crippen LogP contribution in [0.2, 0.25) is 0 Å². The van der Waals surface area contributed by atoms with E-state index in [9.17, 15) is 0 Å². The molecule has 4 nitrogen and oxygen atoms in total. The summed E-state index contributed by atoms with van der Waals surface area (Å²) in [5, 5.41) is 7.98. The molecule has 1 heterocycles. The van der Waals surface area contributed by atoms with Crippen molar-refractivity contribution in [2.75, 3.05) is 13.7 Å². The summed E-state index contributed by atoms with van der Waals surface area (Å²) in [5.74, 6) is 0. The van der Waals surface area contributed by atoms with Crippen LogP contribution in [0.3, 0.4) is 0 Å². The van der Waals surface area contributed by atoms with E-state index >= 15 is 0 Å². The first kappa shape index (κ1) is 16.2. The molecular weight excluding hydrogens is 238 g/mol. The van der Waals surface area contributed by atoms with Gasteiger partial charge in [-0.15, -0.1) is 0 Å². The minimum Gasteiger partial charge on any atom is -0.379 e. The lowest BCUT2D eigenvalue weighted by Gasteiger charge is -2.36. The Hall–Kier alpha value is -0.870. The fourth-order valence-electron chi connectivity index (χ4n) is 2.75. The van der Waals surface area contributed by atoms with E-state index in [1.54, 1.807) is 7.11 Å². The zero-order chi connectivity index (χ0) is 14.6. The summed E-state index contributed by atoms with van der Waals surface area (Å²) in [7, 11) is 3.80. The Bertz CT molecular complexity index is 393. The van der Waals surface area contributed by atoms with Crippen molar-refractivity contribution in [1.82, 2.24) is 15.1 Å². The van der Waals surface area contributed by atoms with Gasteiger partial charge < -0.3 is 10.1 Å². The molecule has 19 heavy (non-hydrogen) atoms. The molecule has 0 bridgehead atoms. The van der Waals surface area contributed by atoms with Crippen molar-refractivity contribution in [1.29, 1.82) is 0 Å². The SMILES string of the molecule is CCNC(Cc1cc(C)nn1C)C(OC)C(C)(C)C. The van der Waals surface area contributed by atoms with Gasteiger partial charge in [0, 0.05) is 32.3 Å². The molecule has 0 fully saturated rings. The van der Waals surface area contributed by atoms with Crippen LogP contribution in [0, 0.1) is 12.3 Å². The first-order valence-corrected chi connectivity index (χ1v) is 7.05. The highest BCUT2D eigenvalue weighted by atomic mass is 16.5. The zero-order valence-electron chi connectivity index (χ0n) is 13.4. The first-order valence-electron chi connectivity index (χ1n) is 7.05. The molecule has 0 amide bonds. The molecule has 0 aliphatic heterocycles. The molecule has 2 unspecified atom stereocenters. The number of nitrogens with one attached hydrogen (secondary N) is 1. The lowest BCUT2D eigenvalue weighted by atomic mass is 9.83. The fourth-order valence-corrected chi connectivity index (χ4v) is 2.75. The molecule has 4 heteroatoms. The summed E-state index contributed by atoms with van der Waals surface area (Å²) >= 11 is 0. The molecule has 1 aromatic heterocycles. The Morgan fingerprint density at radius 1 is 1.42 bits per heavy atom.